The molecule has 1 rings (SSSR count). The van der Waals surface area contributed by atoms with Crippen molar-refractivity contribution in [2.24, 2.45) is 0 Å². The predicted octanol–water partition coefficient (Wildman–Crippen LogP) is 0.541. The van der Waals surface area contributed by atoms with Gasteiger partial charge in [-0.25, -0.2) is 8.42 Å². The zero-order valence-electron chi connectivity index (χ0n) is 12.1. The molecule has 0 aromatic carbocycles. The van der Waals surface area contributed by atoms with Crippen LogP contribution in [0.25, 0.3) is 0 Å². The first-order valence-electron chi connectivity index (χ1n) is 6.82. The molecule has 0 fully saturated rings. The molecule has 19 heavy (non-hydrogen) atoms. The molecule has 0 radical (unpaired) electrons. The molecule has 0 bridgehead atoms. The zero-order valence-corrected chi connectivity index (χ0v) is 14.9. The predicted molar refractivity (Wildman–Crippen MR) is 73.3 cm³/mol. The van der Waals surface area contributed by atoms with Crippen LogP contribution in [0, 0.1) is 0 Å². The van der Waals surface area contributed by atoms with Gasteiger partial charge in [-0.3, -0.25) is 0 Å². The average molecular weight is 294 g/mol. The van der Waals surface area contributed by atoms with E-state index >= 15 is 0 Å². The second kappa shape index (κ2) is 9.35. The van der Waals surface area contributed by atoms with Crippen molar-refractivity contribution in [1.82, 2.24) is 0 Å². The van der Waals surface area contributed by atoms with Crippen molar-refractivity contribution in [2.75, 3.05) is 0 Å². The summed E-state index contributed by atoms with van der Waals surface area (Å²) in [4.78, 5) is 0. The first kappa shape index (κ1) is 19.4. The van der Waals surface area contributed by atoms with Gasteiger partial charge >= 0.3 is 29.6 Å². The van der Waals surface area contributed by atoms with Gasteiger partial charge in [0.25, 0.3) is 0 Å². The summed E-state index contributed by atoms with van der Waals surface area (Å²) in [5.41, 5.74) is 0. The maximum Gasteiger partial charge on any atom is 1.00 e. The molecular formula is C14H23NaO3S. The summed E-state index contributed by atoms with van der Waals surface area (Å²) in [6, 6.07) is 0. The molecule has 1 aliphatic carbocycles. The van der Waals surface area contributed by atoms with Crippen LogP contribution in [0.1, 0.15) is 58.3 Å². The molecule has 0 heterocycles. The number of hydrogen-bond acceptors (Lipinski definition) is 3. The molecule has 0 spiro atoms. The van der Waals surface area contributed by atoms with Crippen LogP contribution in [0.4, 0.5) is 0 Å². The SMILES string of the molecule is CCCCCCCCC1(S(=O)(=O)[O-])C=CC=CC1.[Na+]. The third-order valence-corrected chi connectivity index (χ3v) is 5.06. The standard InChI is InChI=1S/C14H24O3S.Na/c1-2-3-4-5-6-8-11-14(18(15,16)17)12-9-7-10-13-14;/h7,9-10,12H,2-6,8,11,13H2,1H3,(H,15,16,17);/q;+1/p-1. The molecule has 1 atom stereocenters. The molecule has 1 unspecified atom stereocenters. The molecule has 0 N–H and O–H groups in total. The van der Waals surface area contributed by atoms with Crippen LogP contribution in [0.15, 0.2) is 24.3 Å². The smallest absolute Gasteiger partial charge is 0.747 e. The van der Waals surface area contributed by atoms with Crippen LogP contribution in [-0.2, 0) is 10.1 Å². The summed E-state index contributed by atoms with van der Waals surface area (Å²) >= 11 is 0. The molecule has 104 valence electrons. The van der Waals surface area contributed by atoms with Gasteiger partial charge in [-0.15, -0.1) is 0 Å². The number of allylic oxidation sites excluding steroid dienone is 3. The number of rotatable bonds is 8. The van der Waals surface area contributed by atoms with Gasteiger partial charge in [0.15, 0.2) is 0 Å². The third kappa shape index (κ3) is 6.13. The Kier molecular flexibility index (Phi) is 9.54. The van der Waals surface area contributed by atoms with Gasteiger partial charge in [0, 0.05) is 0 Å². The van der Waals surface area contributed by atoms with Crippen LogP contribution in [0.5, 0.6) is 0 Å². The summed E-state index contributed by atoms with van der Waals surface area (Å²) in [5.74, 6) is 0. The van der Waals surface area contributed by atoms with Crippen molar-refractivity contribution < 1.29 is 42.5 Å². The summed E-state index contributed by atoms with van der Waals surface area (Å²) in [6.45, 7) is 2.16. The molecule has 0 saturated carbocycles. The van der Waals surface area contributed by atoms with Crippen molar-refractivity contribution in [3.8, 4) is 0 Å². The Hall–Kier alpha value is 0.390. The molecule has 3 nitrogen and oxygen atoms in total. The minimum absolute atomic E-state index is 0. The number of unbranched alkanes of at least 4 members (excludes halogenated alkanes) is 5. The Morgan fingerprint density at radius 2 is 1.74 bits per heavy atom. The normalized spacial score (nSPS) is 22.2. The Bertz CT molecular complexity index is 401. The third-order valence-electron chi connectivity index (χ3n) is 3.56. The molecule has 0 amide bonds. The average Bonchev–Trinajstić information content (AvgIpc) is 2.33. The van der Waals surface area contributed by atoms with Gasteiger partial charge in [-0.1, -0.05) is 69.8 Å². The fraction of sp³-hybridized carbons (Fsp3) is 0.714. The van der Waals surface area contributed by atoms with Crippen molar-refractivity contribution in [3.05, 3.63) is 24.3 Å². The summed E-state index contributed by atoms with van der Waals surface area (Å²) < 4.78 is 33.1. The minimum atomic E-state index is -4.27. The van der Waals surface area contributed by atoms with E-state index in [9.17, 15) is 13.0 Å². The summed E-state index contributed by atoms with van der Waals surface area (Å²) in [5, 5.41) is 0. The van der Waals surface area contributed by atoms with E-state index in [1.165, 1.54) is 19.3 Å². The second-order valence-electron chi connectivity index (χ2n) is 5.03. The van der Waals surface area contributed by atoms with E-state index in [1.807, 2.05) is 0 Å². The number of hydrogen-bond donors (Lipinski definition) is 0. The molecule has 0 saturated heterocycles. The maximum absolute atomic E-state index is 11.4. The first-order valence-corrected chi connectivity index (χ1v) is 8.22. The Labute approximate surface area is 139 Å². The van der Waals surface area contributed by atoms with Crippen LogP contribution in [-0.4, -0.2) is 17.7 Å². The van der Waals surface area contributed by atoms with Gasteiger partial charge in [-0.2, -0.15) is 0 Å². The molecule has 0 aromatic rings. The van der Waals surface area contributed by atoms with E-state index in [0.717, 1.165) is 19.3 Å². The van der Waals surface area contributed by atoms with Gasteiger partial charge in [0.1, 0.15) is 10.1 Å². The van der Waals surface area contributed by atoms with Crippen molar-refractivity contribution >= 4 is 10.1 Å². The van der Waals surface area contributed by atoms with E-state index in [4.69, 9.17) is 0 Å². The monoisotopic (exact) mass is 294 g/mol. The first-order chi connectivity index (χ1) is 8.52. The van der Waals surface area contributed by atoms with E-state index in [2.05, 4.69) is 6.92 Å². The molecule has 1 aliphatic rings. The van der Waals surface area contributed by atoms with Crippen molar-refractivity contribution in [3.63, 3.8) is 0 Å². The Morgan fingerprint density at radius 3 is 2.26 bits per heavy atom. The van der Waals surface area contributed by atoms with E-state index in [0.29, 0.717) is 12.8 Å². The second-order valence-corrected chi connectivity index (χ2v) is 6.75. The maximum atomic E-state index is 11.4. The fourth-order valence-electron chi connectivity index (χ4n) is 2.35. The quantitative estimate of drug-likeness (QED) is 0.373. The van der Waals surface area contributed by atoms with Crippen molar-refractivity contribution in [1.29, 1.82) is 0 Å². The zero-order chi connectivity index (χ0) is 13.5. The summed E-state index contributed by atoms with van der Waals surface area (Å²) in [7, 11) is -4.27. The Balaban J connectivity index is 0.00000324. The summed E-state index contributed by atoms with van der Waals surface area (Å²) in [6.07, 6.45) is 14.2. The van der Waals surface area contributed by atoms with E-state index in [1.54, 1.807) is 24.3 Å². The molecule has 0 aromatic heterocycles. The van der Waals surface area contributed by atoms with Gasteiger partial charge < -0.3 is 4.55 Å². The van der Waals surface area contributed by atoms with Crippen LogP contribution in [0.2, 0.25) is 0 Å². The largest absolute Gasteiger partial charge is 1.00 e. The molecular weight excluding hydrogens is 271 g/mol. The molecule has 5 heteroatoms. The minimum Gasteiger partial charge on any atom is -0.747 e. The van der Waals surface area contributed by atoms with E-state index in [-0.39, 0.29) is 29.6 Å². The van der Waals surface area contributed by atoms with Crippen LogP contribution >= 0.6 is 0 Å². The fourth-order valence-corrected chi connectivity index (χ4v) is 3.29. The Morgan fingerprint density at radius 1 is 1.11 bits per heavy atom. The van der Waals surface area contributed by atoms with Gasteiger partial charge in [0.05, 0.1) is 4.75 Å². The molecule has 0 aliphatic heterocycles. The topological polar surface area (TPSA) is 57.2 Å². The van der Waals surface area contributed by atoms with Gasteiger partial charge in [-0.05, 0) is 12.8 Å². The van der Waals surface area contributed by atoms with Crippen molar-refractivity contribution in [2.45, 2.75) is 63.0 Å². The van der Waals surface area contributed by atoms with Gasteiger partial charge in [0.2, 0.25) is 0 Å². The van der Waals surface area contributed by atoms with E-state index < -0.39 is 14.9 Å². The van der Waals surface area contributed by atoms with Crippen LogP contribution in [0.3, 0.4) is 0 Å². The van der Waals surface area contributed by atoms with Crippen LogP contribution < -0.4 is 29.6 Å².